The van der Waals surface area contributed by atoms with Crippen molar-refractivity contribution in [2.24, 2.45) is 4.99 Å². The molecule has 1 aromatic carbocycles. The summed E-state index contributed by atoms with van der Waals surface area (Å²) >= 11 is 3.44. The molecule has 0 aliphatic heterocycles. The van der Waals surface area contributed by atoms with E-state index in [0.717, 1.165) is 10.6 Å². The zero-order valence-electron chi connectivity index (χ0n) is 10.6. The second-order valence-electron chi connectivity index (χ2n) is 3.48. The van der Waals surface area contributed by atoms with Crippen molar-refractivity contribution in [1.29, 1.82) is 0 Å². The van der Waals surface area contributed by atoms with Crippen LogP contribution in [-0.4, -0.2) is 27.2 Å². The van der Waals surface area contributed by atoms with Crippen LogP contribution in [0.4, 0.5) is 5.69 Å². The van der Waals surface area contributed by atoms with Crippen molar-refractivity contribution in [2.45, 2.75) is 4.90 Å². The van der Waals surface area contributed by atoms with Crippen molar-refractivity contribution in [3.63, 3.8) is 0 Å². The molecule has 0 amide bonds. The third-order valence-corrected chi connectivity index (χ3v) is 2.72. The molecule has 21 heavy (non-hydrogen) atoms. The van der Waals surface area contributed by atoms with E-state index < -0.39 is 5.95 Å². The van der Waals surface area contributed by atoms with Gasteiger partial charge in [-0.05, 0) is 36.9 Å². The van der Waals surface area contributed by atoms with Crippen molar-refractivity contribution in [3.05, 3.63) is 60.1 Å². The molecule has 0 heterocycles. The maximum absolute atomic E-state index is 11.1. The smallest absolute Gasteiger partial charge is 0.870 e. The quantitative estimate of drug-likeness (QED) is 0.396. The molecule has 0 saturated heterocycles. The van der Waals surface area contributed by atoms with E-state index >= 15 is 0 Å². The number of rotatable bonds is 1. The number of hydrogen-bond acceptors (Lipinski definition) is 5. The van der Waals surface area contributed by atoms with Gasteiger partial charge in [0.2, 0.25) is 0 Å². The van der Waals surface area contributed by atoms with Gasteiger partial charge >= 0.3 is 22.4 Å². The fraction of sp³-hybridized carbons (Fsp3) is 0. The molecule has 1 aliphatic rings. The second-order valence-corrected chi connectivity index (χ2v) is 4.01. The monoisotopic (exact) mass is 355 g/mol. The molecule has 0 bridgehead atoms. The fourth-order valence-corrected chi connectivity index (χ4v) is 1.70. The summed E-state index contributed by atoms with van der Waals surface area (Å²) in [5.41, 5.74) is 1.55. The van der Waals surface area contributed by atoms with Gasteiger partial charge in [0.1, 0.15) is 5.69 Å². The Labute approximate surface area is 137 Å². The van der Waals surface area contributed by atoms with Crippen molar-refractivity contribution >= 4 is 24.0 Å². The van der Waals surface area contributed by atoms with Crippen LogP contribution in [0.25, 0.3) is 0 Å². The molecule has 1 aromatic rings. The number of benzene rings is 1. The summed E-state index contributed by atoms with van der Waals surface area (Å²) < 4.78 is 0. The zero-order chi connectivity index (χ0) is 12.3. The number of aliphatic imine (C=N–C) groups is 1. The average molecular weight is 356 g/mol. The standard InChI is InChI=1S/C13H11NO2S.Ni.3H2O/c15-13(16)9-5-1-2-6-10(9)14-11-7-3-4-8-12(11)17;;;;/h1-8,15-17H;;3*1H2/q;+3;;;/p-2. The Kier molecular flexibility index (Phi) is 13.0. The van der Waals surface area contributed by atoms with Crippen LogP contribution in [0.2, 0.25) is 0 Å². The third-order valence-electron chi connectivity index (χ3n) is 2.29. The van der Waals surface area contributed by atoms with Gasteiger partial charge in [0, 0.05) is 0 Å². The van der Waals surface area contributed by atoms with Gasteiger partial charge in [-0.3, -0.25) is 0 Å². The van der Waals surface area contributed by atoms with Gasteiger partial charge in [-0.2, -0.15) is 0 Å². The van der Waals surface area contributed by atoms with Gasteiger partial charge in [-0.25, -0.2) is 10.1 Å². The minimum Gasteiger partial charge on any atom is -0.870 e. The van der Waals surface area contributed by atoms with Crippen molar-refractivity contribution in [1.82, 2.24) is 0 Å². The van der Waals surface area contributed by atoms with Gasteiger partial charge in [-0.1, -0.05) is 24.3 Å². The fourth-order valence-electron chi connectivity index (χ4n) is 1.46. The number of hydrogen-bond donors (Lipinski definition) is 0. The minimum absolute atomic E-state index is 0. The van der Waals surface area contributed by atoms with Crippen LogP contribution in [-0.2, 0) is 29.1 Å². The Morgan fingerprint density at radius 3 is 2.19 bits per heavy atom. The third kappa shape index (κ3) is 6.16. The summed E-state index contributed by atoms with van der Waals surface area (Å²) in [6.45, 7) is 0. The molecular formula is C13H15NNiO5S+. The van der Waals surface area contributed by atoms with E-state index in [0.29, 0.717) is 11.3 Å². The van der Waals surface area contributed by atoms with Crippen molar-refractivity contribution in [2.75, 3.05) is 0 Å². The van der Waals surface area contributed by atoms with Gasteiger partial charge < -0.3 is 21.5 Å². The van der Waals surface area contributed by atoms with E-state index in [1.807, 2.05) is 24.3 Å². The predicted octanol–water partition coefficient (Wildman–Crippen LogP) is 0.0191. The SMILES string of the molecule is [Ni+3].[O-]/C([OH2+])=C1\C=CC=CC1=Nc1ccccc1[SH2+].[OH-].[OH-].[OH-]. The van der Waals surface area contributed by atoms with Crippen LogP contribution in [0.1, 0.15) is 0 Å². The topological polar surface area (TPSA) is 148 Å². The molecule has 6 nitrogen and oxygen atoms in total. The maximum Gasteiger partial charge on any atom is 3.00 e. The predicted molar refractivity (Wildman–Crippen MR) is 76.7 cm³/mol. The van der Waals surface area contributed by atoms with E-state index in [2.05, 4.69) is 17.6 Å². The molecule has 117 valence electrons. The van der Waals surface area contributed by atoms with Gasteiger partial charge in [0.25, 0.3) is 0 Å². The van der Waals surface area contributed by atoms with Gasteiger partial charge in [0.05, 0.1) is 11.3 Å². The molecule has 0 unspecified atom stereocenters. The normalized spacial score (nSPS) is 16.0. The first-order valence-corrected chi connectivity index (χ1v) is 5.56. The molecular weight excluding hydrogens is 341 g/mol. The van der Waals surface area contributed by atoms with Crippen LogP contribution in [0.3, 0.4) is 0 Å². The van der Waals surface area contributed by atoms with Crippen molar-refractivity contribution in [3.8, 4) is 0 Å². The Morgan fingerprint density at radius 1 is 1.05 bits per heavy atom. The van der Waals surface area contributed by atoms with E-state index in [-0.39, 0.29) is 32.9 Å². The molecule has 1 radical (unpaired) electrons. The summed E-state index contributed by atoms with van der Waals surface area (Å²) in [5, 5.41) is 18.3. The van der Waals surface area contributed by atoms with Crippen molar-refractivity contribution < 1.29 is 43.1 Å². The molecule has 2 rings (SSSR count). The van der Waals surface area contributed by atoms with Crippen LogP contribution < -0.4 is 5.11 Å². The Morgan fingerprint density at radius 2 is 1.62 bits per heavy atom. The Balaban J connectivity index is -0.000000810. The molecule has 1 aliphatic carbocycles. The second kappa shape index (κ2) is 11.1. The van der Waals surface area contributed by atoms with Crippen LogP contribution in [0.15, 0.2) is 70.0 Å². The van der Waals surface area contributed by atoms with E-state index in [1.54, 1.807) is 24.3 Å². The summed E-state index contributed by atoms with van der Waals surface area (Å²) in [6, 6.07) is 7.48. The van der Waals surface area contributed by atoms with Crippen LogP contribution in [0, 0.1) is 0 Å². The maximum atomic E-state index is 11.1. The van der Waals surface area contributed by atoms with Gasteiger partial charge in [-0.15, -0.1) is 0 Å². The summed E-state index contributed by atoms with van der Waals surface area (Å²) in [4.78, 5) is 5.22. The van der Waals surface area contributed by atoms with Crippen LogP contribution >= 0.6 is 0 Å². The largest absolute Gasteiger partial charge is 3.00 e. The van der Waals surface area contributed by atoms with E-state index in [1.165, 1.54) is 0 Å². The van der Waals surface area contributed by atoms with Gasteiger partial charge in [0.15, 0.2) is 4.90 Å². The summed E-state index contributed by atoms with van der Waals surface area (Å²) in [6.07, 6.45) is 6.84. The first-order valence-electron chi connectivity index (χ1n) is 5.06. The Hall–Kier alpha value is -1.57. The molecule has 5 N–H and O–H groups in total. The molecule has 0 atom stereocenters. The minimum atomic E-state index is -0.726. The molecule has 0 fully saturated rings. The Bertz CT molecular complexity index is 565. The zero-order valence-corrected chi connectivity index (χ0v) is 12.6. The molecule has 0 saturated carbocycles. The molecule has 0 aromatic heterocycles. The van der Waals surface area contributed by atoms with E-state index in [9.17, 15) is 5.11 Å². The molecule has 8 heteroatoms. The number of para-hydroxylation sites is 1. The first-order chi connectivity index (χ1) is 8.18. The van der Waals surface area contributed by atoms with E-state index in [4.69, 9.17) is 5.11 Å². The number of allylic oxidation sites excluding steroid dienone is 5. The number of nitrogens with zero attached hydrogens (tertiary/aromatic N) is 1. The average Bonchev–Trinajstić information content (AvgIpc) is 2.32. The summed E-state index contributed by atoms with van der Waals surface area (Å²) in [5.74, 6) is -0.726. The first kappa shape index (κ1) is 24.5. The summed E-state index contributed by atoms with van der Waals surface area (Å²) in [7, 11) is 0. The molecule has 0 spiro atoms. The van der Waals surface area contributed by atoms with Crippen LogP contribution in [0.5, 0.6) is 0 Å².